The van der Waals surface area contributed by atoms with Crippen LogP contribution in [0.1, 0.15) is 0 Å². The van der Waals surface area contributed by atoms with Crippen molar-refractivity contribution in [2.75, 3.05) is 26.6 Å². The fourth-order valence-corrected chi connectivity index (χ4v) is 3.53. The fourth-order valence-electron chi connectivity index (χ4n) is 3.53. The highest BCUT2D eigenvalue weighted by Crippen LogP contribution is 2.41. The van der Waals surface area contributed by atoms with E-state index in [1.807, 2.05) is 54.7 Å². The van der Waals surface area contributed by atoms with Gasteiger partial charge in [0.25, 0.3) is 0 Å². The van der Waals surface area contributed by atoms with Gasteiger partial charge in [0.1, 0.15) is 17.2 Å². The van der Waals surface area contributed by atoms with Crippen molar-refractivity contribution in [1.82, 2.24) is 14.6 Å². The molecule has 0 saturated heterocycles. The van der Waals surface area contributed by atoms with E-state index in [9.17, 15) is 0 Å². The van der Waals surface area contributed by atoms with Crippen LogP contribution in [0.4, 0.5) is 11.5 Å². The summed E-state index contributed by atoms with van der Waals surface area (Å²) in [5.41, 5.74) is 3.00. The van der Waals surface area contributed by atoms with Gasteiger partial charge in [-0.3, -0.25) is 0 Å². The van der Waals surface area contributed by atoms with Gasteiger partial charge >= 0.3 is 0 Å². The van der Waals surface area contributed by atoms with E-state index in [-0.39, 0.29) is 0 Å². The number of nitrogens with zero attached hydrogens (tertiary/aromatic N) is 3. The van der Waals surface area contributed by atoms with Crippen LogP contribution in [0.3, 0.4) is 0 Å². The number of hydrogen-bond donors (Lipinski definition) is 1. The van der Waals surface area contributed by atoms with Crippen LogP contribution in [0, 0.1) is 0 Å². The summed E-state index contributed by atoms with van der Waals surface area (Å²) >= 11 is 0. The van der Waals surface area contributed by atoms with Gasteiger partial charge in [-0.15, -0.1) is 0 Å². The highest BCUT2D eigenvalue weighted by molar-refractivity contribution is 5.86. The molecular weight excluding hydrogens is 396 g/mol. The Morgan fingerprint density at radius 1 is 0.935 bits per heavy atom. The molecule has 0 spiro atoms. The molecule has 8 nitrogen and oxygen atoms in total. The summed E-state index contributed by atoms with van der Waals surface area (Å²) in [6.45, 7) is 0. The molecule has 0 fully saturated rings. The molecule has 0 unspecified atom stereocenters. The number of anilines is 2. The topological polar surface area (TPSA) is 83.1 Å². The highest BCUT2D eigenvalue weighted by Gasteiger charge is 2.18. The fraction of sp³-hybridized carbons (Fsp3) is 0.130. The molecule has 3 aromatic heterocycles. The number of methoxy groups -OCH3 is 3. The summed E-state index contributed by atoms with van der Waals surface area (Å²) < 4.78 is 24.2. The normalized spacial score (nSPS) is 11.1. The van der Waals surface area contributed by atoms with Crippen LogP contribution in [0.5, 0.6) is 17.2 Å². The Hall–Kier alpha value is -4.20. The largest absolute Gasteiger partial charge is 0.493 e. The molecule has 0 amide bonds. The van der Waals surface area contributed by atoms with Gasteiger partial charge in [-0.25, -0.2) is 9.50 Å². The summed E-state index contributed by atoms with van der Waals surface area (Å²) in [7, 11) is 4.73. The average molecular weight is 416 g/mol. The molecule has 0 radical (unpaired) electrons. The molecule has 2 aromatic carbocycles. The molecule has 0 aliphatic carbocycles. The summed E-state index contributed by atoms with van der Waals surface area (Å²) in [5, 5.41) is 8.69. The standard InChI is InChI=1S/C23H20N4O4/c1-28-19-11-15(12-20(29-2)22(19)30-3)25-23-16(13-27-21(26-23)8-9-24-27)18-10-14-6-4-5-7-17(14)31-18/h4-13H,1-3H3,(H,25,26). The maximum Gasteiger partial charge on any atom is 0.203 e. The molecule has 0 aliphatic heterocycles. The van der Waals surface area contributed by atoms with E-state index in [4.69, 9.17) is 23.6 Å². The Bertz CT molecular complexity index is 1330. The Balaban J connectivity index is 1.65. The van der Waals surface area contributed by atoms with Gasteiger partial charge < -0.3 is 23.9 Å². The first kappa shape index (κ1) is 18.8. The maximum absolute atomic E-state index is 6.09. The first-order valence-electron chi connectivity index (χ1n) is 9.60. The van der Waals surface area contributed by atoms with Crippen LogP contribution in [0.2, 0.25) is 0 Å². The van der Waals surface area contributed by atoms with Crippen molar-refractivity contribution in [3.05, 3.63) is 60.9 Å². The molecule has 5 aromatic rings. The quantitative estimate of drug-likeness (QED) is 0.421. The smallest absolute Gasteiger partial charge is 0.203 e. The van der Waals surface area contributed by atoms with E-state index in [1.165, 1.54) is 0 Å². The zero-order chi connectivity index (χ0) is 21.4. The molecule has 5 rings (SSSR count). The predicted octanol–water partition coefficient (Wildman–Crippen LogP) is 4.91. The Kier molecular flexibility index (Phi) is 4.59. The summed E-state index contributed by atoms with van der Waals surface area (Å²) in [4.78, 5) is 4.75. The third-order valence-corrected chi connectivity index (χ3v) is 5.00. The summed E-state index contributed by atoms with van der Waals surface area (Å²) in [6, 6.07) is 15.3. The number of aromatic nitrogens is 3. The maximum atomic E-state index is 6.09. The lowest BCUT2D eigenvalue weighted by atomic mass is 10.2. The number of nitrogens with one attached hydrogen (secondary N) is 1. The second-order valence-corrected chi connectivity index (χ2v) is 6.82. The van der Waals surface area contributed by atoms with Gasteiger partial charge in [0.05, 0.1) is 33.1 Å². The number of benzene rings is 2. The van der Waals surface area contributed by atoms with Crippen molar-refractivity contribution < 1.29 is 18.6 Å². The summed E-state index contributed by atoms with van der Waals surface area (Å²) in [6.07, 6.45) is 3.59. The predicted molar refractivity (Wildman–Crippen MR) is 118 cm³/mol. The first-order valence-corrected chi connectivity index (χ1v) is 9.60. The molecular formula is C23H20N4O4. The van der Waals surface area contributed by atoms with Crippen molar-refractivity contribution in [3.8, 4) is 28.6 Å². The van der Waals surface area contributed by atoms with E-state index >= 15 is 0 Å². The van der Waals surface area contributed by atoms with Crippen LogP contribution in [-0.4, -0.2) is 35.9 Å². The average Bonchev–Trinajstić information content (AvgIpc) is 3.43. The van der Waals surface area contributed by atoms with E-state index in [0.717, 1.165) is 22.2 Å². The summed E-state index contributed by atoms with van der Waals surface area (Å²) in [5.74, 6) is 2.90. The minimum Gasteiger partial charge on any atom is -0.493 e. The number of rotatable bonds is 6. The third kappa shape index (κ3) is 3.28. The highest BCUT2D eigenvalue weighted by atomic mass is 16.5. The van der Waals surface area contributed by atoms with Crippen LogP contribution in [0.15, 0.2) is 65.3 Å². The number of para-hydroxylation sites is 1. The minimum atomic E-state index is 0.521. The molecule has 156 valence electrons. The second kappa shape index (κ2) is 7.56. The molecule has 0 atom stereocenters. The van der Waals surface area contributed by atoms with Gasteiger partial charge in [-0.1, -0.05) is 18.2 Å². The van der Waals surface area contributed by atoms with Gasteiger partial charge in [0.2, 0.25) is 5.75 Å². The van der Waals surface area contributed by atoms with Gasteiger partial charge in [0.15, 0.2) is 17.1 Å². The van der Waals surface area contributed by atoms with Crippen LogP contribution >= 0.6 is 0 Å². The van der Waals surface area contributed by atoms with Crippen molar-refractivity contribution in [2.24, 2.45) is 0 Å². The van der Waals surface area contributed by atoms with Gasteiger partial charge in [0, 0.05) is 35.5 Å². The molecule has 0 aliphatic rings. The molecule has 3 heterocycles. The molecule has 0 bridgehead atoms. The van der Waals surface area contributed by atoms with Crippen LogP contribution in [-0.2, 0) is 0 Å². The second-order valence-electron chi connectivity index (χ2n) is 6.82. The van der Waals surface area contributed by atoms with Gasteiger partial charge in [-0.2, -0.15) is 5.10 Å². The van der Waals surface area contributed by atoms with Crippen LogP contribution < -0.4 is 19.5 Å². The lowest BCUT2D eigenvalue weighted by Gasteiger charge is -2.16. The molecule has 31 heavy (non-hydrogen) atoms. The van der Waals surface area contributed by atoms with E-state index in [2.05, 4.69) is 10.4 Å². The lowest BCUT2D eigenvalue weighted by molar-refractivity contribution is 0.324. The Labute approximate surface area is 178 Å². The van der Waals surface area contributed by atoms with Crippen molar-refractivity contribution in [1.29, 1.82) is 0 Å². The van der Waals surface area contributed by atoms with Crippen molar-refractivity contribution in [3.63, 3.8) is 0 Å². The van der Waals surface area contributed by atoms with Crippen molar-refractivity contribution in [2.45, 2.75) is 0 Å². The molecule has 1 N–H and O–H groups in total. The number of ether oxygens (including phenoxy) is 3. The number of fused-ring (bicyclic) bond motifs is 2. The SMILES string of the molecule is COc1cc(Nc2nc3ccnn3cc2-c2cc3ccccc3o2)cc(OC)c1OC. The Morgan fingerprint density at radius 2 is 1.71 bits per heavy atom. The number of furan rings is 1. The Morgan fingerprint density at radius 3 is 2.42 bits per heavy atom. The van der Waals surface area contributed by atoms with Crippen LogP contribution in [0.25, 0.3) is 27.9 Å². The minimum absolute atomic E-state index is 0.521. The van der Waals surface area contributed by atoms with Crippen molar-refractivity contribution >= 4 is 28.1 Å². The van der Waals surface area contributed by atoms with E-state index in [1.54, 1.807) is 32.0 Å². The van der Waals surface area contributed by atoms with Gasteiger partial charge in [-0.05, 0) is 12.1 Å². The zero-order valence-corrected chi connectivity index (χ0v) is 17.2. The number of hydrogen-bond acceptors (Lipinski definition) is 7. The first-order chi connectivity index (χ1) is 15.2. The molecule has 0 saturated carbocycles. The van der Waals surface area contributed by atoms with E-state index < -0.39 is 0 Å². The van der Waals surface area contributed by atoms with E-state index in [0.29, 0.717) is 34.5 Å². The monoisotopic (exact) mass is 416 g/mol. The molecule has 8 heteroatoms. The zero-order valence-electron chi connectivity index (χ0n) is 17.2. The lowest BCUT2D eigenvalue weighted by Crippen LogP contribution is -2.02. The third-order valence-electron chi connectivity index (χ3n) is 5.00.